The number of Topliss-reactive ketones (excluding diaryl/α,β-unsaturated/α-hetero) is 1. The van der Waals surface area contributed by atoms with Gasteiger partial charge in [0.2, 0.25) is 0 Å². The molecular formula is C23H28F2O6. The number of aliphatic hydroxyl groups is 2. The number of carbonyl (C=O) groups excluding carboxylic acids is 2. The predicted molar refractivity (Wildman–Crippen MR) is 104 cm³/mol. The molecule has 4 fully saturated rings. The highest BCUT2D eigenvalue weighted by Gasteiger charge is 2.79. The van der Waals surface area contributed by atoms with Crippen LogP contribution >= 0.6 is 0 Å². The number of allylic oxidation sites excluding steroid dienone is 4. The van der Waals surface area contributed by atoms with E-state index in [0.717, 1.165) is 6.08 Å². The van der Waals surface area contributed by atoms with Crippen molar-refractivity contribution in [3.63, 3.8) is 0 Å². The van der Waals surface area contributed by atoms with E-state index in [9.17, 15) is 19.8 Å². The molecule has 1 saturated heterocycles. The molecule has 0 spiro atoms. The van der Waals surface area contributed by atoms with Gasteiger partial charge >= 0.3 is 0 Å². The molecule has 0 aromatic heterocycles. The SMILES string of the molecule is C[C@@H]1O[C@@H]2C[C@H]3[C@@H]4C[C@H](F)C5=CC(=O)C=C[C@]5(C)[C@@]4(F)[C@@H](O)C[C@]3(C)[C@]2(C(=O)CO)O1. The van der Waals surface area contributed by atoms with Crippen LogP contribution in [0, 0.1) is 22.7 Å². The molecule has 6 nitrogen and oxygen atoms in total. The van der Waals surface area contributed by atoms with Crippen LogP contribution in [0.25, 0.3) is 0 Å². The van der Waals surface area contributed by atoms with Gasteiger partial charge in [0.15, 0.2) is 29.1 Å². The smallest absolute Gasteiger partial charge is 0.193 e. The lowest BCUT2D eigenvalue weighted by Crippen LogP contribution is -2.70. The first-order valence-corrected chi connectivity index (χ1v) is 10.9. The van der Waals surface area contributed by atoms with Crippen LogP contribution in [0.5, 0.6) is 0 Å². The van der Waals surface area contributed by atoms with Crippen LogP contribution in [0.1, 0.15) is 40.0 Å². The van der Waals surface area contributed by atoms with Crippen molar-refractivity contribution in [1.29, 1.82) is 0 Å². The summed E-state index contributed by atoms with van der Waals surface area (Å²) in [5.74, 6) is -2.40. The van der Waals surface area contributed by atoms with E-state index in [1.165, 1.54) is 19.1 Å². The molecule has 1 aliphatic heterocycles. The van der Waals surface area contributed by atoms with E-state index >= 15 is 8.78 Å². The van der Waals surface area contributed by atoms with E-state index in [1.807, 2.05) is 0 Å². The van der Waals surface area contributed by atoms with Gasteiger partial charge in [-0.3, -0.25) is 9.59 Å². The summed E-state index contributed by atoms with van der Waals surface area (Å²) in [4.78, 5) is 24.9. The highest BCUT2D eigenvalue weighted by molar-refractivity contribution is 6.01. The molecule has 0 aromatic carbocycles. The Labute approximate surface area is 179 Å². The second kappa shape index (κ2) is 6.31. The molecular weight excluding hydrogens is 410 g/mol. The summed E-state index contributed by atoms with van der Waals surface area (Å²) in [6, 6.07) is 0. The van der Waals surface area contributed by atoms with Crippen LogP contribution in [0.2, 0.25) is 0 Å². The van der Waals surface area contributed by atoms with Crippen molar-refractivity contribution in [2.24, 2.45) is 22.7 Å². The van der Waals surface area contributed by atoms with Crippen LogP contribution in [0.15, 0.2) is 23.8 Å². The fourth-order valence-electron chi connectivity index (χ4n) is 7.74. The maximum atomic E-state index is 17.1. The number of rotatable bonds is 2. The van der Waals surface area contributed by atoms with Gasteiger partial charge in [0.05, 0.1) is 12.2 Å². The summed E-state index contributed by atoms with van der Waals surface area (Å²) < 4.78 is 44.3. The zero-order valence-corrected chi connectivity index (χ0v) is 17.8. The van der Waals surface area contributed by atoms with Crippen LogP contribution in [-0.4, -0.2) is 64.3 Å². The molecule has 31 heavy (non-hydrogen) atoms. The monoisotopic (exact) mass is 438 g/mol. The Kier molecular flexibility index (Phi) is 4.35. The Morgan fingerprint density at radius 1 is 1.29 bits per heavy atom. The average molecular weight is 438 g/mol. The summed E-state index contributed by atoms with van der Waals surface area (Å²) in [6.07, 6.45) is -0.760. The molecule has 4 aliphatic carbocycles. The normalized spacial score (nSPS) is 55.2. The summed E-state index contributed by atoms with van der Waals surface area (Å²) in [5, 5.41) is 21.0. The lowest BCUT2D eigenvalue weighted by Gasteiger charge is -2.63. The largest absolute Gasteiger partial charge is 0.390 e. The van der Waals surface area contributed by atoms with Crippen molar-refractivity contribution >= 4 is 11.6 Å². The minimum absolute atomic E-state index is 0.0573. The van der Waals surface area contributed by atoms with Gasteiger partial charge in [-0.1, -0.05) is 13.0 Å². The number of alkyl halides is 2. The van der Waals surface area contributed by atoms with E-state index < -0.39 is 76.8 Å². The van der Waals surface area contributed by atoms with Gasteiger partial charge in [0, 0.05) is 16.7 Å². The average Bonchev–Trinajstić information content (AvgIpc) is 3.16. The summed E-state index contributed by atoms with van der Waals surface area (Å²) in [5.41, 5.74) is -6.22. The molecule has 170 valence electrons. The van der Waals surface area contributed by atoms with Crippen LogP contribution in [0.3, 0.4) is 0 Å². The summed E-state index contributed by atoms with van der Waals surface area (Å²) >= 11 is 0. The molecule has 0 aromatic rings. The Morgan fingerprint density at radius 2 is 2.00 bits per heavy atom. The molecule has 2 N–H and O–H groups in total. The minimum atomic E-state index is -2.23. The molecule has 0 bridgehead atoms. The van der Waals surface area contributed by atoms with Crippen molar-refractivity contribution in [2.75, 3.05) is 6.61 Å². The van der Waals surface area contributed by atoms with E-state index in [-0.39, 0.29) is 24.8 Å². The predicted octanol–water partition coefficient (Wildman–Crippen LogP) is 1.98. The third kappa shape index (κ3) is 2.25. The number of hydrogen-bond donors (Lipinski definition) is 2. The van der Waals surface area contributed by atoms with Crippen molar-refractivity contribution < 1.29 is 38.1 Å². The Balaban J connectivity index is 1.66. The molecule has 0 unspecified atom stereocenters. The molecule has 10 atom stereocenters. The van der Waals surface area contributed by atoms with Crippen LogP contribution < -0.4 is 0 Å². The first-order chi connectivity index (χ1) is 14.5. The maximum absolute atomic E-state index is 17.1. The van der Waals surface area contributed by atoms with E-state index in [4.69, 9.17) is 9.47 Å². The topological polar surface area (TPSA) is 93.1 Å². The fraction of sp³-hybridized carbons (Fsp3) is 0.739. The lowest BCUT2D eigenvalue weighted by atomic mass is 9.44. The summed E-state index contributed by atoms with van der Waals surface area (Å²) in [6.45, 7) is 4.18. The van der Waals surface area contributed by atoms with E-state index in [1.54, 1.807) is 13.8 Å². The minimum Gasteiger partial charge on any atom is -0.390 e. The van der Waals surface area contributed by atoms with Crippen LogP contribution in [0.4, 0.5) is 8.78 Å². The number of carbonyl (C=O) groups is 2. The van der Waals surface area contributed by atoms with Gasteiger partial charge in [-0.2, -0.15) is 0 Å². The Hall–Kier alpha value is -1.48. The quantitative estimate of drug-likeness (QED) is 0.685. The second-order valence-electron chi connectivity index (χ2n) is 10.2. The van der Waals surface area contributed by atoms with Gasteiger partial charge in [-0.15, -0.1) is 0 Å². The fourth-order valence-corrected chi connectivity index (χ4v) is 7.74. The van der Waals surface area contributed by atoms with Crippen molar-refractivity contribution in [1.82, 2.24) is 0 Å². The maximum Gasteiger partial charge on any atom is 0.193 e. The highest BCUT2D eigenvalue weighted by atomic mass is 19.1. The van der Waals surface area contributed by atoms with Crippen molar-refractivity contribution in [3.05, 3.63) is 23.8 Å². The third-order valence-electron chi connectivity index (χ3n) is 9.05. The summed E-state index contributed by atoms with van der Waals surface area (Å²) in [7, 11) is 0. The zero-order valence-electron chi connectivity index (χ0n) is 17.8. The van der Waals surface area contributed by atoms with E-state index in [0.29, 0.717) is 0 Å². The van der Waals surface area contributed by atoms with Crippen molar-refractivity contribution in [3.8, 4) is 0 Å². The number of ether oxygens (including phenoxy) is 2. The van der Waals surface area contributed by atoms with Gasteiger partial charge in [0.1, 0.15) is 12.8 Å². The van der Waals surface area contributed by atoms with Gasteiger partial charge in [0.25, 0.3) is 0 Å². The van der Waals surface area contributed by atoms with Crippen LogP contribution in [-0.2, 0) is 19.1 Å². The Bertz CT molecular complexity index is 918. The Morgan fingerprint density at radius 3 is 2.68 bits per heavy atom. The highest BCUT2D eigenvalue weighted by Crippen LogP contribution is 2.71. The number of hydrogen-bond acceptors (Lipinski definition) is 6. The van der Waals surface area contributed by atoms with Gasteiger partial charge in [-0.25, -0.2) is 8.78 Å². The second-order valence-corrected chi connectivity index (χ2v) is 10.2. The molecule has 5 rings (SSSR count). The standard InChI is InChI=1S/C23H28F2O6/c1-11-30-19-8-13-14-7-16(24)15-6-12(27)4-5-20(15,2)22(14,25)17(28)9-21(13,3)23(19,31-11)18(29)10-26/h4-6,11,13-14,16-17,19,26,28H,7-10H2,1-3H3/t11-,13+,14+,16+,17+,19-,20+,21+,22+,23-/m1/s1. The molecule has 0 radical (unpaired) electrons. The zero-order chi connectivity index (χ0) is 22.6. The number of ketones is 2. The molecule has 0 amide bonds. The molecule has 8 heteroatoms. The van der Waals surface area contributed by atoms with Crippen molar-refractivity contribution in [2.45, 2.75) is 76.0 Å². The van der Waals surface area contributed by atoms with E-state index in [2.05, 4.69) is 0 Å². The number of aliphatic hydroxyl groups excluding tert-OH is 2. The number of fused-ring (bicyclic) bond motifs is 7. The molecule has 5 aliphatic rings. The number of halogens is 2. The van der Waals surface area contributed by atoms with Gasteiger partial charge in [-0.05, 0) is 56.8 Å². The first kappa shape index (κ1) is 21.4. The first-order valence-electron chi connectivity index (χ1n) is 10.9. The third-order valence-corrected chi connectivity index (χ3v) is 9.05. The molecule has 1 heterocycles. The molecule has 3 saturated carbocycles. The van der Waals surface area contributed by atoms with Gasteiger partial charge < -0.3 is 19.7 Å². The lowest BCUT2D eigenvalue weighted by molar-refractivity contribution is -0.232.